The lowest BCUT2D eigenvalue weighted by atomic mass is 9.96. The maximum absolute atomic E-state index is 11.2. The van der Waals surface area contributed by atoms with Crippen molar-refractivity contribution in [3.8, 4) is 22.4 Å². The number of rotatable bonds is 4. The van der Waals surface area contributed by atoms with Crippen molar-refractivity contribution in [3.63, 3.8) is 0 Å². The van der Waals surface area contributed by atoms with Crippen LogP contribution in [0.4, 0.5) is 0 Å². The van der Waals surface area contributed by atoms with E-state index in [1.165, 1.54) is 11.8 Å². The molecule has 5 nitrogen and oxygen atoms in total. The average Bonchev–Trinajstić information content (AvgIpc) is 2.62. The van der Waals surface area contributed by atoms with Gasteiger partial charge in [-0.1, -0.05) is 48.2 Å². The Kier molecular flexibility index (Phi) is 4.34. The quantitative estimate of drug-likeness (QED) is 0.739. The molecule has 114 valence electrons. The number of carboxylic acids is 1. The second-order valence-electron chi connectivity index (χ2n) is 4.76. The van der Waals surface area contributed by atoms with Crippen LogP contribution in [-0.4, -0.2) is 32.5 Å². The van der Waals surface area contributed by atoms with Crippen molar-refractivity contribution in [2.24, 2.45) is 0 Å². The Morgan fingerprint density at radius 2 is 1.87 bits per heavy atom. The first-order valence-corrected chi connectivity index (χ1v) is 8.08. The molecule has 3 aromatic rings. The Bertz CT molecular complexity index is 868. The van der Waals surface area contributed by atoms with E-state index in [0.29, 0.717) is 10.9 Å². The Balaban J connectivity index is 2.14. The first-order chi connectivity index (χ1) is 11.2. The fraction of sp³-hybridized carbons (Fsp3) is 0.0588. The summed E-state index contributed by atoms with van der Waals surface area (Å²) >= 11 is 1.42. The van der Waals surface area contributed by atoms with E-state index in [0.717, 1.165) is 16.7 Å². The molecule has 1 N–H and O–H groups in total. The van der Waals surface area contributed by atoms with E-state index in [1.54, 1.807) is 24.4 Å². The third kappa shape index (κ3) is 3.22. The standard InChI is InChI=1S/C17H13N3O2S/c1-23-17-19-15(10-18-20-17)14-8-3-2-7-13(14)11-5-4-6-12(9-11)16(21)22/h2-10H,1H3,(H,21,22). The number of hydrogen-bond donors (Lipinski definition) is 1. The molecule has 6 heteroatoms. The number of thioether (sulfide) groups is 1. The molecule has 0 spiro atoms. The molecule has 3 rings (SSSR count). The number of aromatic nitrogens is 3. The summed E-state index contributed by atoms with van der Waals surface area (Å²) in [4.78, 5) is 15.7. The summed E-state index contributed by atoms with van der Waals surface area (Å²) in [5.41, 5.74) is 3.58. The molecule has 0 aliphatic rings. The molecule has 0 radical (unpaired) electrons. The summed E-state index contributed by atoms with van der Waals surface area (Å²) < 4.78 is 0. The van der Waals surface area contributed by atoms with E-state index in [1.807, 2.05) is 36.6 Å². The average molecular weight is 323 g/mol. The van der Waals surface area contributed by atoms with Crippen LogP contribution in [0.25, 0.3) is 22.4 Å². The van der Waals surface area contributed by atoms with Crippen molar-refractivity contribution >= 4 is 17.7 Å². The molecule has 1 heterocycles. The molecule has 0 unspecified atom stereocenters. The SMILES string of the molecule is CSc1nncc(-c2ccccc2-c2cccc(C(=O)O)c2)n1. The van der Waals surface area contributed by atoms with Crippen LogP contribution in [-0.2, 0) is 0 Å². The minimum absolute atomic E-state index is 0.253. The van der Waals surface area contributed by atoms with Crippen LogP contribution < -0.4 is 0 Å². The Morgan fingerprint density at radius 3 is 2.61 bits per heavy atom. The van der Waals surface area contributed by atoms with Crippen LogP contribution in [0.15, 0.2) is 59.9 Å². The fourth-order valence-electron chi connectivity index (χ4n) is 2.28. The summed E-state index contributed by atoms with van der Waals surface area (Å²) in [5.74, 6) is -0.947. The number of carbonyl (C=O) groups is 1. The zero-order valence-corrected chi connectivity index (χ0v) is 13.1. The van der Waals surface area contributed by atoms with Gasteiger partial charge in [0.25, 0.3) is 0 Å². The van der Waals surface area contributed by atoms with Crippen LogP contribution in [0.2, 0.25) is 0 Å². The summed E-state index contributed by atoms with van der Waals surface area (Å²) in [6, 6.07) is 14.6. The summed E-state index contributed by atoms with van der Waals surface area (Å²) in [6.07, 6.45) is 3.50. The monoisotopic (exact) mass is 323 g/mol. The number of nitrogens with zero attached hydrogens (tertiary/aromatic N) is 3. The smallest absolute Gasteiger partial charge is 0.335 e. The van der Waals surface area contributed by atoms with E-state index < -0.39 is 5.97 Å². The van der Waals surface area contributed by atoms with Crippen molar-refractivity contribution in [3.05, 3.63) is 60.3 Å². The van der Waals surface area contributed by atoms with Gasteiger partial charge in [0.2, 0.25) is 5.16 Å². The maximum Gasteiger partial charge on any atom is 0.335 e. The lowest BCUT2D eigenvalue weighted by Gasteiger charge is -2.10. The van der Waals surface area contributed by atoms with E-state index >= 15 is 0 Å². The van der Waals surface area contributed by atoms with Gasteiger partial charge in [-0.05, 0) is 29.5 Å². The topological polar surface area (TPSA) is 76.0 Å². The second-order valence-corrected chi connectivity index (χ2v) is 5.53. The lowest BCUT2D eigenvalue weighted by molar-refractivity contribution is 0.0697. The van der Waals surface area contributed by atoms with Gasteiger partial charge in [-0.3, -0.25) is 0 Å². The number of hydrogen-bond acceptors (Lipinski definition) is 5. The molecule has 0 fully saturated rings. The predicted molar refractivity (Wildman–Crippen MR) is 89.4 cm³/mol. The first-order valence-electron chi connectivity index (χ1n) is 6.86. The molecule has 0 bridgehead atoms. The molecule has 0 aliphatic heterocycles. The highest BCUT2D eigenvalue weighted by molar-refractivity contribution is 7.98. The molecule has 0 saturated carbocycles. The molecule has 23 heavy (non-hydrogen) atoms. The van der Waals surface area contributed by atoms with Crippen LogP contribution >= 0.6 is 11.8 Å². The van der Waals surface area contributed by atoms with Gasteiger partial charge in [0, 0.05) is 5.56 Å². The van der Waals surface area contributed by atoms with E-state index in [4.69, 9.17) is 0 Å². The highest BCUT2D eigenvalue weighted by atomic mass is 32.2. The van der Waals surface area contributed by atoms with E-state index in [9.17, 15) is 9.90 Å². The largest absolute Gasteiger partial charge is 0.478 e. The van der Waals surface area contributed by atoms with Gasteiger partial charge in [-0.2, -0.15) is 5.10 Å². The summed E-state index contributed by atoms with van der Waals surface area (Å²) in [7, 11) is 0. The number of benzene rings is 2. The highest BCUT2D eigenvalue weighted by Gasteiger charge is 2.11. The Morgan fingerprint density at radius 1 is 1.09 bits per heavy atom. The zero-order valence-electron chi connectivity index (χ0n) is 12.3. The molecule has 0 aliphatic carbocycles. The molecule has 2 aromatic carbocycles. The van der Waals surface area contributed by atoms with Gasteiger partial charge in [-0.25, -0.2) is 9.78 Å². The fourth-order valence-corrected chi connectivity index (χ4v) is 2.60. The van der Waals surface area contributed by atoms with E-state index in [-0.39, 0.29) is 5.56 Å². The normalized spacial score (nSPS) is 10.5. The predicted octanol–water partition coefficient (Wildman–Crippen LogP) is 3.63. The van der Waals surface area contributed by atoms with Gasteiger partial charge in [-0.15, -0.1) is 5.10 Å². The van der Waals surface area contributed by atoms with Gasteiger partial charge >= 0.3 is 5.97 Å². The van der Waals surface area contributed by atoms with Crippen molar-refractivity contribution in [2.45, 2.75) is 5.16 Å². The van der Waals surface area contributed by atoms with Crippen LogP contribution in [0, 0.1) is 0 Å². The number of carboxylic acid groups (broad SMARTS) is 1. The van der Waals surface area contributed by atoms with E-state index in [2.05, 4.69) is 15.2 Å². The first kappa shape index (κ1) is 15.2. The van der Waals surface area contributed by atoms with Gasteiger partial charge in [0.15, 0.2) is 0 Å². The second kappa shape index (κ2) is 6.58. The van der Waals surface area contributed by atoms with Crippen LogP contribution in [0.1, 0.15) is 10.4 Å². The third-order valence-corrected chi connectivity index (χ3v) is 3.88. The van der Waals surface area contributed by atoms with Crippen LogP contribution in [0.3, 0.4) is 0 Å². The molecule has 1 aromatic heterocycles. The summed E-state index contributed by atoms with van der Waals surface area (Å²) in [6.45, 7) is 0. The van der Waals surface area contributed by atoms with Gasteiger partial charge in [0.05, 0.1) is 17.5 Å². The zero-order chi connectivity index (χ0) is 16.2. The van der Waals surface area contributed by atoms with Crippen molar-refractivity contribution < 1.29 is 9.90 Å². The molecule has 0 amide bonds. The lowest BCUT2D eigenvalue weighted by Crippen LogP contribution is -1.97. The minimum Gasteiger partial charge on any atom is -0.478 e. The summed E-state index contributed by atoms with van der Waals surface area (Å²) in [5, 5.41) is 17.7. The number of aromatic carboxylic acids is 1. The molecular formula is C17H13N3O2S. The highest BCUT2D eigenvalue weighted by Crippen LogP contribution is 2.31. The van der Waals surface area contributed by atoms with Gasteiger partial charge in [0.1, 0.15) is 0 Å². The van der Waals surface area contributed by atoms with Crippen molar-refractivity contribution in [1.82, 2.24) is 15.2 Å². The van der Waals surface area contributed by atoms with Crippen LogP contribution in [0.5, 0.6) is 0 Å². The maximum atomic E-state index is 11.2. The molecule has 0 saturated heterocycles. The van der Waals surface area contributed by atoms with Crippen molar-refractivity contribution in [1.29, 1.82) is 0 Å². The molecular weight excluding hydrogens is 310 g/mol. The Labute approximate surface area is 137 Å². The molecule has 0 atom stereocenters. The third-order valence-electron chi connectivity index (χ3n) is 3.35. The Hall–Kier alpha value is -2.73. The van der Waals surface area contributed by atoms with Crippen molar-refractivity contribution in [2.75, 3.05) is 6.26 Å². The van der Waals surface area contributed by atoms with Gasteiger partial charge < -0.3 is 5.11 Å². The minimum atomic E-state index is -0.947.